The van der Waals surface area contributed by atoms with E-state index in [1.165, 1.54) is 26.5 Å². The molecule has 4 saturated heterocycles. The molecule has 0 aromatic rings. The number of nitrogens with one attached hydrogen (secondary N) is 6. The highest BCUT2D eigenvalue weighted by molar-refractivity contribution is 5.98. The second-order valence-corrected chi connectivity index (χ2v) is 22.6. The first-order valence-electron chi connectivity index (χ1n) is 26.2. The van der Waals surface area contributed by atoms with Gasteiger partial charge in [0.15, 0.2) is 6.04 Å². The van der Waals surface area contributed by atoms with Crippen LogP contribution >= 0.6 is 0 Å². The van der Waals surface area contributed by atoms with E-state index >= 15 is 0 Å². The van der Waals surface area contributed by atoms with Gasteiger partial charge in [-0.3, -0.25) is 47.9 Å². The summed E-state index contributed by atoms with van der Waals surface area (Å²) in [5.74, 6) is -7.55. The zero-order chi connectivity index (χ0) is 56.9. The molecule has 0 bridgehead atoms. The van der Waals surface area contributed by atoms with E-state index in [1.807, 2.05) is 0 Å². The van der Waals surface area contributed by atoms with Gasteiger partial charge in [0.05, 0.1) is 56.3 Å². The summed E-state index contributed by atoms with van der Waals surface area (Å²) in [6, 6.07) is -9.05. The average molecular weight is 1080 g/mol. The smallest absolute Gasteiger partial charge is 0.328 e. The Morgan fingerprint density at radius 3 is 1.41 bits per heavy atom. The third-order valence-corrected chi connectivity index (χ3v) is 13.1. The number of carboxylic acids is 1. The van der Waals surface area contributed by atoms with Gasteiger partial charge < -0.3 is 76.6 Å². The number of nitrogens with two attached hydrogens (primary N) is 1. The van der Waals surface area contributed by atoms with Crippen LogP contribution in [0.4, 0.5) is 0 Å². The van der Waals surface area contributed by atoms with Crippen molar-refractivity contribution in [2.24, 2.45) is 5.73 Å². The van der Waals surface area contributed by atoms with E-state index in [-0.39, 0.29) is 65.5 Å². The van der Waals surface area contributed by atoms with Gasteiger partial charge in [0.25, 0.3) is 0 Å². The van der Waals surface area contributed by atoms with Crippen molar-refractivity contribution in [3.05, 3.63) is 0 Å². The van der Waals surface area contributed by atoms with Gasteiger partial charge in [0.2, 0.25) is 59.1 Å². The molecule has 26 nitrogen and oxygen atoms in total. The van der Waals surface area contributed by atoms with Gasteiger partial charge in [-0.25, -0.2) is 4.79 Å². The van der Waals surface area contributed by atoms with Crippen LogP contribution in [0.5, 0.6) is 0 Å². The average Bonchev–Trinajstić information content (AvgIpc) is 4.19. The minimum atomic E-state index is -1.41. The Labute approximate surface area is 444 Å². The summed E-state index contributed by atoms with van der Waals surface area (Å²) in [5, 5.41) is 25.0. The number of ether oxygens (including phenoxy) is 3. The van der Waals surface area contributed by atoms with Crippen molar-refractivity contribution < 1.29 is 72.1 Å². The molecule has 10 amide bonds. The summed E-state index contributed by atoms with van der Waals surface area (Å²) in [6.07, 6.45) is 3.14. The van der Waals surface area contributed by atoms with Gasteiger partial charge in [-0.1, -0.05) is 0 Å². The number of aliphatic carboxylic acids is 1. The highest BCUT2D eigenvalue weighted by Gasteiger charge is 2.47. The zero-order valence-electron chi connectivity index (χ0n) is 45.9. The normalized spacial score (nSPS) is 21.5. The van der Waals surface area contributed by atoms with E-state index in [0.717, 1.165) is 0 Å². The number of nitrogens with zero attached hydrogens (tertiary/aromatic N) is 4. The fraction of sp³-hybridized carbons (Fsp3) is 0.780. The van der Waals surface area contributed by atoms with E-state index in [1.54, 1.807) is 62.3 Å². The molecule has 8 atom stereocenters. The molecule has 4 rings (SSSR count). The second-order valence-electron chi connectivity index (χ2n) is 22.6. The number of hydrogen-bond donors (Lipinski definition) is 8. The van der Waals surface area contributed by atoms with E-state index in [2.05, 4.69) is 31.9 Å². The van der Waals surface area contributed by atoms with Crippen LogP contribution in [0.1, 0.15) is 121 Å². The second kappa shape index (κ2) is 27.4. The predicted octanol–water partition coefficient (Wildman–Crippen LogP) is -2.37. The molecule has 26 heteroatoms. The van der Waals surface area contributed by atoms with Crippen LogP contribution in [0.2, 0.25) is 0 Å². The number of carbonyl (C=O) groups excluding carboxylic acids is 10. The molecule has 76 heavy (non-hydrogen) atoms. The van der Waals surface area contributed by atoms with E-state index < -0.39 is 137 Å². The highest BCUT2D eigenvalue weighted by Crippen LogP contribution is 2.29. The molecule has 0 spiro atoms. The summed E-state index contributed by atoms with van der Waals surface area (Å²) < 4.78 is 17.3. The molecule has 9 N–H and O–H groups in total. The summed E-state index contributed by atoms with van der Waals surface area (Å²) in [4.78, 5) is 153. The lowest BCUT2D eigenvalue weighted by Gasteiger charge is -2.34. The summed E-state index contributed by atoms with van der Waals surface area (Å²) in [6.45, 7) is 15.7. The molecular weight excluding hydrogens is 995 g/mol. The Morgan fingerprint density at radius 2 is 0.921 bits per heavy atom. The molecule has 0 aromatic heterocycles. The molecule has 0 aliphatic carbocycles. The van der Waals surface area contributed by atoms with Gasteiger partial charge in [0, 0.05) is 26.2 Å². The van der Waals surface area contributed by atoms with Gasteiger partial charge in [-0.05, 0) is 121 Å². The first-order valence-corrected chi connectivity index (χ1v) is 26.2. The molecule has 4 aliphatic rings. The van der Waals surface area contributed by atoms with Crippen molar-refractivity contribution in [1.82, 2.24) is 51.5 Å². The topological polar surface area (TPSA) is 347 Å². The molecule has 428 valence electrons. The molecular formula is C50H83N11O15. The Bertz CT molecular complexity index is 2140. The van der Waals surface area contributed by atoms with Crippen molar-refractivity contribution in [3.8, 4) is 0 Å². The van der Waals surface area contributed by atoms with Crippen LogP contribution in [0.15, 0.2) is 0 Å². The van der Waals surface area contributed by atoms with Crippen molar-refractivity contribution in [2.45, 2.75) is 186 Å². The minimum absolute atomic E-state index is 0.194. The standard InChI is InChI=1S/C50H83N11O15/c1-29(44(69)60-21-13-17-35(60)46(71)61-22-14-18-36(61)45(70)59-20-12-16-34(59)43(68)57-32(47(72)73)28-76-50(8,9)10)54-38(63)24-53-40(65)30(26-74-48(2,3)4)55-41(66)31(27-75-49(5,6)7)56-42(67)33-15-11-19-58(33)39(64)25-52-37(62)23-51/h29-36H,11-28,51H2,1-10H3,(H,52,62)(H,53,65)(H,54,63)(H,55,66)(H,56,67)(H,57,68)(H,72,73)/t29-,30-,31-,32-,33-,34-,35-,36-/m0/s1. The van der Waals surface area contributed by atoms with Crippen molar-refractivity contribution >= 4 is 65.0 Å². The van der Waals surface area contributed by atoms with Crippen LogP contribution in [0.25, 0.3) is 0 Å². The van der Waals surface area contributed by atoms with Crippen LogP contribution < -0.4 is 37.6 Å². The lowest BCUT2D eigenvalue weighted by atomic mass is 10.1. The van der Waals surface area contributed by atoms with Gasteiger partial charge in [0.1, 0.15) is 42.3 Å². The molecule has 0 unspecified atom stereocenters. The van der Waals surface area contributed by atoms with Crippen LogP contribution in [0, 0.1) is 0 Å². The third kappa shape index (κ3) is 18.6. The van der Waals surface area contributed by atoms with Crippen molar-refractivity contribution in [1.29, 1.82) is 0 Å². The summed E-state index contributed by atoms with van der Waals surface area (Å²) in [7, 11) is 0. The molecule has 4 heterocycles. The van der Waals surface area contributed by atoms with Crippen LogP contribution in [0.3, 0.4) is 0 Å². The molecule has 4 aliphatic heterocycles. The largest absolute Gasteiger partial charge is 0.480 e. The number of rotatable bonds is 23. The molecule has 0 radical (unpaired) electrons. The number of carbonyl (C=O) groups is 11. The van der Waals surface area contributed by atoms with Crippen LogP contribution in [-0.2, 0) is 67.0 Å². The number of carboxylic acid groups (broad SMARTS) is 1. The summed E-state index contributed by atoms with van der Waals surface area (Å²) >= 11 is 0. The monoisotopic (exact) mass is 1080 g/mol. The van der Waals surface area contributed by atoms with E-state index in [0.29, 0.717) is 44.9 Å². The fourth-order valence-corrected chi connectivity index (χ4v) is 9.19. The quantitative estimate of drug-likeness (QED) is 0.0530. The fourth-order valence-electron chi connectivity index (χ4n) is 9.19. The molecule has 4 fully saturated rings. The SMILES string of the molecule is C[C@H](NC(=O)CNC(=O)[C@H](COC(C)(C)C)NC(=O)[C@H](COC(C)(C)C)NC(=O)[C@@H]1CCCN1C(=O)CNC(=O)CN)C(=O)N1CCC[C@H]1C(=O)N1CCC[C@H]1C(=O)N1CCC[C@H]1C(=O)N[C@@H](COC(C)(C)C)C(=O)O. The number of likely N-dealkylation sites (tertiary alicyclic amines) is 4. The highest BCUT2D eigenvalue weighted by atomic mass is 16.5. The van der Waals surface area contributed by atoms with Gasteiger partial charge in [-0.15, -0.1) is 0 Å². The number of hydrogen-bond acceptors (Lipinski definition) is 15. The first-order chi connectivity index (χ1) is 35.4. The first kappa shape index (κ1) is 62.5. The minimum Gasteiger partial charge on any atom is -0.480 e. The molecule has 0 aromatic carbocycles. The summed E-state index contributed by atoms with van der Waals surface area (Å²) in [5.41, 5.74) is 3.12. The lowest BCUT2D eigenvalue weighted by Crippen LogP contribution is -2.60. The van der Waals surface area contributed by atoms with E-state index in [9.17, 15) is 57.8 Å². The maximum Gasteiger partial charge on any atom is 0.328 e. The maximum absolute atomic E-state index is 14.3. The maximum atomic E-state index is 14.3. The zero-order valence-corrected chi connectivity index (χ0v) is 45.9. The van der Waals surface area contributed by atoms with Crippen molar-refractivity contribution in [3.63, 3.8) is 0 Å². The lowest BCUT2D eigenvalue weighted by molar-refractivity contribution is -0.151. The van der Waals surface area contributed by atoms with Gasteiger partial charge >= 0.3 is 5.97 Å². The Hall–Kier alpha value is -5.99. The Morgan fingerprint density at radius 1 is 0.513 bits per heavy atom. The van der Waals surface area contributed by atoms with E-state index in [4.69, 9.17) is 19.9 Å². The van der Waals surface area contributed by atoms with Gasteiger partial charge in [-0.2, -0.15) is 0 Å². The number of amides is 10. The third-order valence-electron chi connectivity index (χ3n) is 13.1. The Balaban J connectivity index is 1.37. The molecule has 0 saturated carbocycles. The predicted molar refractivity (Wildman–Crippen MR) is 272 cm³/mol. The van der Waals surface area contributed by atoms with Crippen LogP contribution in [-0.4, -0.2) is 221 Å². The van der Waals surface area contributed by atoms with Crippen molar-refractivity contribution in [2.75, 3.05) is 65.6 Å². The Kier molecular flexibility index (Phi) is 22.5.